The van der Waals surface area contributed by atoms with Gasteiger partial charge in [0.15, 0.2) is 0 Å². The maximum Gasteiger partial charge on any atom is 0.104 e. The first-order chi connectivity index (χ1) is 6.75. The Kier molecular flexibility index (Phi) is 4.29. The van der Waals surface area contributed by atoms with Gasteiger partial charge in [-0.05, 0) is 12.0 Å². The Labute approximate surface area is 89.1 Å². The molecule has 0 atom stereocenters. The molecule has 0 saturated heterocycles. The molecule has 0 amide bonds. The van der Waals surface area contributed by atoms with Gasteiger partial charge in [-0.2, -0.15) is 0 Å². The molecule has 0 aromatic heterocycles. The van der Waals surface area contributed by atoms with Gasteiger partial charge in [-0.25, -0.2) is 0 Å². The summed E-state index contributed by atoms with van der Waals surface area (Å²) >= 11 is 4.92. The van der Waals surface area contributed by atoms with E-state index in [4.69, 9.17) is 23.1 Å². The number of thiocarbonyl (C=S) groups is 1. The second kappa shape index (κ2) is 5.52. The van der Waals surface area contributed by atoms with Crippen LogP contribution in [-0.4, -0.2) is 16.7 Å². The lowest BCUT2D eigenvalue weighted by Gasteiger charge is -2.02. The highest BCUT2D eigenvalue weighted by Crippen LogP contribution is 2.10. The molecular weight excluding hydrogens is 194 g/mol. The Morgan fingerprint density at radius 2 is 2.14 bits per heavy atom. The van der Waals surface area contributed by atoms with Gasteiger partial charge >= 0.3 is 0 Å². The van der Waals surface area contributed by atoms with Crippen LogP contribution in [0.4, 0.5) is 0 Å². The lowest BCUT2D eigenvalue weighted by atomic mass is 10.1. The highest BCUT2D eigenvalue weighted by Gasteiger charge is 1.99. The molecule has 3 heteroatoms. The van der Waals surface area contributed by atoms with Crippen LogP contribution in [0.15, 0.2) is 30.3 Å². The van der Waals surface area contributed by atoms with Gasteiger partial charge in [0.25, 0.3) is 0 Å². The first-order valence-electron chi connectivity index (χ1n) is 4.42. The second-order valence-electron chi connectivity index (χ2n) is 2.87. The van der Waals surface area contributed by atoms with Gasteiger partial charge < -0.3 is 10.8 Å². The van der Waals surface area contributed by atoms with Gasteiger partial charge in [0.05, 0.1) is 0 Å². The van der Waals surface area contributed by atoms with Gasteiger partial charge in [0.2, 0.25) is 0 Å². The van der Waals surface area contributed by atoms with Gasteiger partial charge in [-0.3, -0.25) is 0 Å². The summed E-state index contributed by atoms with van der Waals surface area (Å²) in [5.74, 6) is 0. The van der Waals surface area contributed by atoms with Crippen LogP contribution in [0.1, 0.15) is 17.5 Å². The van der Waals surface area contributed by atoms with Gasteiger partial charge in [-0.15, -0.1) is 0 Å². The highest BCUT2D eigenvalue weighted by molar-refractivity contribution is 7.80. The van der Waals surface area contributed by atoms with Gasteiger partial charge in [-0.1, -0.05) is 48.6 Å². The van der Waals surface area contributed by atoms with Crippen LogP contribution in [0.2, 0.25) is 0 Å². The maximum atomic E-state index is 8.62. The molecule has 74 valence electrons. The number of rotatable bonds is 4. The number of benzene rings is 1. The smallest absolute Gasteiger partial charge is 0.104 e. The first kappa shape index (κ1) is 10.9. The monoisotopic (exact) mass is 207 g/mol. The minimum absolute atomic E-state index is 0.158. The summed E-state index contributed by atoms with van der Waals surface area (Å²) in [6, 6.07) is 7.67. The minimum atomic E-state index is 0.158. The topological polar surface area (TPSA) is 46.2 Å². The molecule has 0 fully saturated rings. The second-order valence-corrected chi connectivity index (χ2v) is 3.31. The summed E-state index contributed by atoms with van der Waals surface area (Å²) < 4.78 is 0. The van der Waals surface area contributed by atoms with E-state index in [0.29, 0.717) is 11.4 Å². The van der Waals surface area contributed by atoms with Crippen molar-refractivity contribution in [2.24, 2.45) is 5.73 Å². The number of hydrogen-bond donors (Lipinski definition) is 2. The molecule has 14 heavy (non-hydrogen) atoms. The van der Waals surface area contributed by atoms with E-state index in [1.165, 1.54) is 0 Å². The molecule has 1 aromatic carbocycles. The van der Waals surface area contributed by atoms with E-state index >= 15 is 0 Å². The van der Waals surface area contributed by atoms with Crippen LogP contribution in [-0.2, 0) is 0 Å². The van der Waals surface area contributed by atoms with Crippen molar-refractivity contribution >= 4 is 23.3 Å². The molecule has 1 aromatic rings. The molecule has 0 bridgehead atoms. The number of nitrogens with two attached hydrogens (primary N) is 1. The van der Waals surface area contributed by atoms with Crippen LogP contribution in [0.3, 0.4) is 0 Å². The quantitative estimate of drug-likeness (QED) is 0.739. The largest absolute Gasteiger partial charge is 0.396 e. The number of hydrogen-bond acceptors (Lipinski definition) is 2. The normalized spacial score (nSPS) is 10.6. The highest BCUT2D eigenvalue weighted by atomic mass is 32.1. The molecule has 0 spiro atoms. The van der Waals surface area contributed by atoms with Crippen molar-refractivity contribution in [3.05, 3.63) is 41.5 Å². The molecule has 0 aliphatic heterocycles. The van der Waals surface area contributed by atoms with Crippen molar-refractivity contribution in [2.45, 2.75) is 6.42 Å². The Morgan fingerprint density at radius 1 is 1.43 bits per heavy atom. The zero-order valence-corrected chi connectivity index (χ0v) is 8.63. The summed E-state index contributed by atoms with van der Waals surface area (Å²) in [4.78, 5) is 0.397. The zero-order chi connectivity index (χ0) is 10.4. The molecule has 0 radical (unpaired) electrons. The molecule has 3 N–H and O–H groups in total. The third kappa shape index (κ3) is 2.94. The standard InChI is InChI=1S/C11H13NOS/c12-11(14)10-7-2-1-5-9(10)6-3-4-8-13/h1-3,5-7,13H,4,8H2,(H2,12,14). The minimum Gasteiger partial charge on any atom is -0.396 e. The van der Waals surface area contributed by atoms with E-state index in [-0.39, 0.29) is 6.61 Å². The number of aliphatic hydroxyl groups excluding tert-OH is 1. The van der Waals surface area contributed by atoms with Crippen molar-refractivity contribution in [3.63, 3.8) is 0 Å². The van der Waals surface area contributed by atoms with Crippen LogP contribution in [0.25, 0.3) is 6.08 Å². The van der Waals surface area contributed by atoms with E-state index in [9.17, 15) is 0 Å². The summed E-state index contributed by atoms with van der Waals surface area (Å²) in [6.07, 6.45) is 4.47. The summed E-state index contributed by atoms with van der Waals surface area (Å²) in [5, 5.41) is 8.62. The Balaban J connectivity index is 2.90. The van der Waals surface area contributed by atoms with Gasteiger partial charge in [0.1, 0.15) is 4.99 Å². The van der Waals surface area contributed by atoms with Crippen LogP contribution in [0.5, 0.6) is 0 Å². The molecule has 2 nitrogen and oxygen atoms in total. The number of aliphatic hydroxyl groups is 1. The fourth-order valence-electron chi connectivity index (χ4n) is 1.15. The molecule has 0 aliphatic rings. The first-order valence-corrected chi connectivity index (χ1v) is 4.82. The van der Waals surface area contributed by atoms with Crippen molar-refractivity contribution in [1.29, 1.82) is 0 Å². The van der Waals surface area contributed by atoms with E-state index in [1.807, 2.05) is 36.4 Å². The third-order valence-electron chi connectivity index (χ3n) is 1.82. The average molecular weight is 207 g/mol. The predicted octanol–water partition coefficient (Wildman–Crippen LogP) is 1.72. The van der Waals surface area contributed by atoms with Crippen molar-refractivity contribution < 1.29 is 5.11 Å². The fourth-order valence-corrected chi connectivity index (χ4v) is 1.34. The van der Waals surface area contributed by atoms with Crippen molar-refractivity contribution in [2.75, 3.05) is 6.61 Å². The fraction of sp³-hybridized carbons (Fsp3) is 0.182. The predicted molar refractivity (Wildman–Crippen MR) is 63.1 cm³/mol. The zero-order valence-electron chi connectivity index (χ0n) is 7.81. The van der Waals surface area contributed by atoms with Crippen molar-refractivity contribution in [3.8, 4) is 0 Å². The van der Waals surface area contributed by atoms with Crippen LogP contribution in [0, 0.1) is 0 Å². The Hall–Kier alpha value is -1.19. The molecular formula is C11H13NOS. The molecule has 0 aliphatic carbocycles. The van der Waals surface area contributed by atoms with E-state index < -0.39 is 0 Å². The maximum absolute atomic E-state index is 8.62. The average Bonchev–Trinajstić information content (AvgIpc) is 2.19. The summed E-state index contributed by atoms with van der Waals surface area (Å²) in [7, 11) is 0. The summed E-state index contributed by atoms with van der Waals surface area (Å²) in [6.45, 7) is 0.158. The molecule has 0 unspecified atom stereocenters. The molecule has 1 rings (SSSR count). The van der Waals surface area contributed by atoms with Gasteiger partial charge in [0, 0.05) is 12.2 Å². The van der Waals surface area contributed by atoms with E-state index in [1.54, 1.807) is 0 Å². The summed E-state index contributed by atoms with van der Waals surface area (Å²) in [5.41, 5.74) is 7.43. The Bertz CT molecular complexity index is 347. The third-order valence-corrected chi connectivity index (χ3v) is 2.04. The lowest BCUT2D eigenvalue weighted by Crippen LogP contribution is -2.10. The van der Waals surface area contributed by atoms with Crippen LogP contribution < -0.4 is 5.73 Å². The molecule has 0 saturated carbocycles. The Morgan fingerprint density at radius 3 is 2.79 bits per heavy atom. The molecule has 0 heterocycles. The van der Waals surface area contributed by atoms with Crippen molar-refractivity contribution in [1.82, 2.24) is 0 Å². The van der Waals surface area contributed by atoms with Crippen LogP contribution >= 0.6 is 12.2 Å². The van der Waals surface area contributed by atoms with E-state index in [0.717, 1.165) is 11.1 Å². The SMILES string of the molecule is NC(=S)c1ccccc1C=CCCO. The van der Waals surface area contributed by atoms with E-state index in [2.05, 4.69) is 0 Å². The lowest BCUT2D eigenvalue weighted by molar-refractivity contribution is 0.303.